The van der Waals surface area contributed by atoms with Crippen molar-refractivity contribution in [1.29, 1.82) is 0 Å². The average Bonchev–Trinajstić information content (AvgIpc) is 3.26. The quantitative estimate of drug-likeness (QED) is 0.321. The second kappa shape index (κ2) is 6.73. The SMILES string of the molecule is COC1(OC)[C@@]2(Cl)c3nc4ccccc4nc3[C@]1(Cl)[C@@H]1C(=O)N(Cc3ccccc3)C(=O)[C@@H]12. The number of ether oxygens (including phenoxy) is 2. The van der Waals surface area contributed by atoms with Crippen LogP contribution in [0.5, 0.6) is 0 Å². The van der Waals surface area contributed by atoms with Gasteiger partial charge in [-0.05, 0) is 17.7 Å². The zero-order chi connectivity index (χ0) is 23.2. The maximum Gasteiger partial charge on any atom is 0.235 e. The van der Waals surface area contributed by atoms with Gasteiger partial charge in [-0.25, -0.2) is 9.97 Å². The van der Waals surface area contributed by atoms with E-state index in [9.17, 15) is 9.59 Å². The van der Waals surface area contributed by atoms with Gasteiger partial charge in [0.05, 0.1) is 40.8 Å². The van der Waals surface area contributed by atoms with Gasteiger partial charge in [0.1, 0.15) is 0 Å². The number of para-hydroxylation sites is 2. The van der Waals surface area contributed by atoms with Crippen LogP contribution in [-0.2, 0) is 35.4 Å². The van der Waals surface area contributed by atoms with Crippen molar-refractivity contribution in [3.63, 3.8) is 0 Å². The zero-order valence-electron chi connectivity index (χ0n) is 17.8. The molecule has 0 unspecified atom stereocenters. The van der Waals surface area contributed by atoms with Crippen molar-refractivity contribution in [2.24, 2.45) is 11.8 Å². The summed E-state index contributed by atoms with van der Waals surface area (Å²) in [6, 6.07) is 16.6. The first kappa shape index (κ1) is 21.0. The minimum atomic E-state index is -1.72. The van der Waals surface area contributed by atoms with Gasteiger partial charge < -0.3 is 9.47 Å². The fraction of sp³-hybridized carbons (Fsp3) is 0.333. The smallest absolute Gasteiger partial charge is 0.235 e. The van der Waals surface area contributed by atoms with Crippen LogP contribution in [0.2, 0.25) is 0 Å². The Balaban J connectivity index is 1.59. The highest BCUT2D eigenvalue weighted by atomic mass is 35.5. The predicted molar refractivity (Wildman–Crippen MR) is 120 cm³/mol. The molecule has 0 spiro atoms. The molecule has 0 radical (unpaired) electrons. The number of benzene rings is 2. The Bertz CT molecular complexity index is 1260. The Hall–Kier alpha value is -2.58. The summed E-state index contributed by atoms with van der Waals surface area (Å²) in [6.07, 6.45) is 0. The fourth-order valence-electron chi connectivity index (χ4n) is 5.92. The highest BCUT2D eigenvalue weighted by Gasteiger charge is 2.90. The topological polar surface area (TPSA) is 81.6 Å². The van der Waals surface area contributed by atoms with Crippen molar-refractivity contribution in [3.8, 4) is 0 Å². The van der Waals surface area contributed by atoms with Gasteiger partial charge >= 0.3 is 0 Å². The fourth-order valence-corrected chi connectivity index (χ4v) is 7.27. The number of halogens is 2. The van der Waals surface area contributed by atoms with Crippen LogP contribution in [0.4, 0.5) is 0 Å². The molecule has 1 aromatic heterocycles. The maximum atomic E-state index is 13.7. The van der Waals surface area contributed by atoms with Crippen molar-refractivity contribution in [2.45, 2.75) is 22.1 Å². The minimum absolute atomic E-state index is 0.123. The number of imide groups is 1. The highest BCUT2D eigenvalue weighted by Crippen LogP contribution is 2.76. The normalized spacial score (nSPS) is 31.3. The Labute approximate surface area is 199 Å². The first-order chi connectivity index (χ1) is 15.8. The molecule has 2 heterocycles. The molecule has 0 N–H and O–H groups in total. The summed E-state index contributed by atoms with van der Waals surface area (Å²) in [5.41, 5.74) is 2.64. The molecule has 33 heavy (non-hydrogen) atoms. The summed E-state index contributed by atoms with van der Waals surface area (Å²) < 4.78 is 11.7. The van der Waals surface area contributed by atoms with Crippen molar-refractivity contribution < 1.29 is 19.1 Å². The van der Waals surface area contributed by atoms with E-state index in [1.165, 1.54) is 19.1 Å². The number of carbonyl (C=O) groups excluding carboxylic acids is 2. The van der Waals surface area contributed by atoms with E-state index < -0.39 is 39.2 Å². The highest BCUT2D eigenvalue weighted by molar-refractivity contribution is 6.36. The number of aromatic nitrogens is 2. The van der Waals surface area contributed by atoms with Crippen LogP contribution in [0, 0.1) is 11.8 Å². The van der Waals surface area contributed by atoms with Gasteiger partial charge in [-0.3, -0.25) is 14.5 Å². The van der Waals surface area contributed by atoms with Crippen LogP contribution < -0.4 is 0 Å². The summed E-state index contributed by atoms with van der Waals surface area (Å²) >= 11 is 14.7. The molecule has 2 fully saturated rings. The van der Waals surface area contributed by atoms with Crippen LogP contribution in [0.15, 0.2) is 54.6 Å². The summed E-state index contributed by atoms with van der Waals surface area (Å²) in [6.45, 7) is 0.123. The molecule has 2 bridgehead atoms. The standard InChI is InChI=1S/C24H19Cl2N3O4/c1-32-24(33-2)22(25)16-17(21(31)29(20(16)30)12-13-8-4-3-5-9-13)23(24,26)19-18(22)27-14-10-6-7-11-15(14)28-19/h3-11,16-17H,12H2,1-2H3/t16-,17+,22+,23-. The van der Waals surface area contributed by atoms with Crippen molar-refractivity contribution >= 4 is 46.0 Å². The predicted octanol–water partition coefficient (Wildman–Crippen LogP) is 3.32. The zero-order valence-corrected chi connectivity index (χ0v) is 19.3. The number of carbonyl (C=O) groups is 2. The molecular formula is C24H19Cl2N3O4. The van der Waals surface area contributed by atoms with E-state index in [2.05, 4.69) is 0 Å². The Morgan fingerprint density at radius 3 is 1.73 bits per heavy atom. The number of rotatable bonds is 4. The summed E-state index contributed by atoms with van der Waals surface area (Å²) in [5.74, 6) is -4.61. The second-order valence-corrected chi connectivity index (χ2v) is 9.75. The molecule has 2 aliphatic carbocycles. The molecule has 7 nitrogen and oxygen atoms in total. The van der Waals surface area contributed by atoms with E-state index in [1.54, 1.807) is 12.1 Å². The molecule has 3 aliphatic rings. The second-order valence-electron chi connectivity index (χ2n) is 8.56. The molecule has 2 aromatic carbocycles. The van der Waals surface area contributed by atoms with E-state index >= 15 is 0 Å². The molecule has 2 amide bonds. The lowest BCUT2D eigenvalue weighted by molar-refractivity contribution is -0.239. The first-order valence-electron chi connectivity index (χ1n) is 10.5. The number of fused-ring (bicyclic) bond motifs is 9. The minimum Gasteiger partial charge on any atom is -0.349 e. The van der Waals surface area contributed by atoms with Crippen LogP contribution in [0.3, 0.4) is 0 Å². The van der Waals surface area contributed by atoms with E-state index in [1.807, 2.05) is 42.5 Å². The Morgan fingerprint density at radius 2 is 1.27 bits per heavy atom. The molecule has 1 saturated heterocycles. The van der Waals surface area contributed by atoms with Crippen molar-refractivity contribution in [1.82, 2.24) is 14.9 Å². The van der Waals surface area contributed by atoms with E-state index in [0.29, 0.717) is 22.4 Å². The van der Waals surface area contributed by atoms with Gasteiger partial charge in [-0.15, -0.1) is 23.2 Å². The number of methoxy groups -OCH3 is 2. The lowest BCUT2D eigenvalue weighted by Gasteiger charge is -2.41. The van der Waals surface area contributed by atoms with Gasteiger partial charge in [0.25, 0.3) is 0 Å². The monoisotopic (exact) mass is 483 g/mol. The first-order valence-corrected chi connectivity index (χ1v) is 11.3. The van der Waals surface area contributed by atoms with Gasteiger partial charge in [-0.1, -0.05) is 42.5 Å². The number of alkyl halides is 2. The maximum absolute atomic E-state index is 13.7. The molecule has 1 saturated carbocycles. The summed E-state index contributed by atoms with van der Waals surface area (Å²) in [5, 5.41) is 0. The Morgan fingerprint density at radius 1 is 0.818 bits per heavy atom. The van der Waals surface area contributed by atoms with Gasteiger partial charge in [0.2, 0.25) is 17.6 Å². The van der Waals surface area contributed by atoms with E-state index in [0.717, 1.165) is 5.56 Å². The molecule has 1 aliphatic heterocycles. The molecule has 3 aromatic rings. The largest absolute Gasteiger partial charge is 0.349 e. The molecule has 9 heteroatoms. The van der Waals surface area contributed by atoms with Gasteiger partial charge in [0.15, 0.2) is 9.75 Å². The van der Waals surface area contributed by atoms with Gasteiger partial charge in [0, 0.05) is 14.2 Å². The molecule has 168 valence electrons. The van der Waals surface area contributed by atoms with Crippen molar-refractivity contribution in [2.75, 3.05) is 14.2 Å². The number of amides is 2. The van der Waals surface area contributed by atoms with Crippen LogP contribution >= 0.6 is 23.2 Å². The average molecular weight is 484 g/mol. The number of hydrogen-bond donors (Lipinski definition) is 0. The van der Waals surface area contributed by atoms with Crippen LogP contribution in [0.25, 0.3) is 11.0 Å². The lowest BCUT2D eigenvalue weighted by atomic mass is 9.80. The molecule has 4 atom stereocenters. The molecular weight excluding hydrogens is 465 g/mol. The van der Waals surface area contributed by atoms with E-state index in [4.69, 9.17) is 42.6 Å². The third kappa shape index (κ3) is 2.19. The molecule has 6 rings (SSSR count). The van der Waals surface area contributed by atoms with E-state index in [-0.39, 0.29) is 6.54 Å². The number of nitrogens with zero attached hydrogens (tertiary/aromatic N) is 3. The van der Waals surface area contributed by atoms with Crippen LogP contribution in [-0.4, -0.2) is 46.7 Å². The van der Waals surface area contributed by atoms with Gasteiger partial charge in [-0.2, -0.15) is 0 Å². The Kier molecular flexibility index (Phi) is 4.28. The summed E-state index contributed by atoms with van der Waals surface area (Å²) in [7, 11) is 2.81. The third-order valence-corrected chi connectivity index (χ3v) is 8.56. The number of hydrogen-bond acceptors (Lipinski definition) is 6. The third-order valence-electron chi connectivity index (χ3n) is 7.23. The van der Waals surface area contributed by atoms with Crippen molar-refractivity contribution in [3.05, 3.63) is 71.5 Å². The van der Waals surface area contributed by atoms with Crippen LogP contribution in [0.1, 0.15) is 17.0 Å². The summed E-state index contributed by atoms with van der Waals surface area (Å²) in [4.78, 5) is 34.9. The number of likely N-dealkylation sites (tertiary alicyclic amines) is 1. The lowest BCUT2D eigenvalue weighted by Crippen LogP contribution is -2.56.